The van der Waals surface area contributed by atoms with Crippen LogP contribution in [-0.4, -0.2) is 16.1 Å². The van der Waals surface area contributed by atoms with Gasteiger partial charge >= 0.3 is 0 Å². The fourth-order valence-electron chi connectivity index (χ4n) is 12.7. The molecule has 5 heteroatoms. The summed E-state index contributed by atoms with van der Waals surface area (Å²) in [6.07, 6.45) is 0. The predicted molar refractivity (Wildman–Crippen MR) is 377 cm³/mol. The Bertz CT molecular complexity index is 4770. The van der Waals surface area contributed by atoms with Gasteiger partial charge in [-0.2, -0.15) is 0 Å². The molecule has 0 N–H and O–H groups in total. The SMILES string of the molecule is C[Si](C)(C)c1ccc(N(c2ccccc2)c2cccc3c(-c4c5ccccc5c(-c5ccc(N(c6ccccc6)c6ccc([Si](C)(C)C)cc6)c6ccccc56)c5cc(-c6cccc(-c7ccc(-c8ccccc8)s7)c6)ccc45)cccc23)cc1. The number of nitrogens with zero attached hydrogens (tertiary/aromatic N) is 2. The third kappa shape index (κ3) is 10.1. The molecule has 0 fully saturated rings. The molecule has 0 atom stereocenters. The Kier molecular flexibility index (Phi) is 13.9. The van der Waals surface area contributed by atoms with Gasteiger partial charge in [-0.25, -0.2) is 0 Å². The van der Waals surface area contributed by atoms with Crippen molar-refractivity contribution in [2.24, 2.45) is 0 Å². The van der Waals surface area contributed by atoms with Gasteiger partial charge in [-0.3, -0.25) is 0 Å². The molecule has 0 amide bonds. The molecule has 13 aromatic carbocycles. The van der Waals surface area contributed by atoms with Crippen LogP contribution in [-0.2, 0) is 0 Å². The minimum atomic E-state index is -1.54. The molecule has 0 radical (unpaired) electrons. The molecule has 0 bridgehead atoms. The Hall–Kier alpha value is -9.37. The summed E-state index contributed by atoms with van der Waals surface area (Å²) in [7, 11) is -3.07. The molecule has 410 valence electrons. The van der Waals surface area contributed by atoms with E-state index in [1.807, 2.05) is 11.3 Å². The quantitative estimate of drug-likeness (QED) is 0.0839. The van der Waals surface area contributed by atoms with Gasteiger partial charge in [0.15, 0.2) is 0 Å². The van der Waals surface area contributed by atoms with Crippen LogP contribution < -0.4 is 20.2 Å². The van der Waals surface area contributed by atoms with E-state index in [2.05, 4.69) is 340 Å². The first-order chi connectivity index (χ1) is 41.4. The maximum Gasteiger partial charge on any atom is 0.0775 e. The highest BCUT2D eigenvalue weighted by Gasteiger charge is 2.26. The lowest BCUT2D eigenvalue weighted by Crippen LogP contribution is -2.37. The van der Waals surface area contributed by atoms with Crippen LogP contribution in [0.2, 0.25) is 39.3 Å². The molecule has 85 heavy (non-hydrogen) atoms. The normalized spacial score (nSPS) is 11.9. The van der Waals surface area contributed by atoms with E-state index in [0.29, 0.717) is 0 Å². The minimum Gasteiger partial charge on any atom is -0.310 e. The second-order valence-corrected chi connectivity index (χ2v) is 35.7. The summed E-state index contributed by atoms with van der Waals surface area (Å²) in [5.41, 5.74) is 16.5. The van der Waals surface area contributed by atoms with E-state index in [1.165, 1.54) is 108 Å². The van der Waals surface area contributed by atoms with E-state index in [1.54, 1.807) is 0 Å². The molecule has 0 aliphatic heterocycles. The van der Waals surface area contributed by atoms with Crippen molar-refractivity contribution < 1.29 is 0 Å². The first-order valence-electron chi connectivity index (χ1n) is 29.6. The Labute approximate surface area is 506 Å². The number of thiophene rings is 1. The van der Waals surface area contributed by atoms with E-state index in [-0.39, 0.29) is 0 Å². The average molecular weight is 1140 g/mol. The van der Waals surface area contributed by atoms with Crippen molar-refractivity contribution in [1.82, 2.24) is 0 Å². The fraction of sp³-hybridized carbons (Fsp3) is 0.0750. The largest absolute Gasteiger partial charge is 0.310 e. The van der Waals surface area contributed by atoms with Gasteiger partial charge in [0.25, 0.3) is 0 Å². The molecule has 0 aliphatic rings. The molecule has 0 saturated heterocycles. The van der Waals surface area contributed by atoms with Crippen molar-refractivity contribution in [3.8, 4) is 54.3 Å². The first kappa shape index (κ1) is 53.6. The van der Waals surface area contributed by atoms with Gasteiger partial charge < -0.3 is 9.80 Å². The molecule has 14 rings (SSSR count). The molecule has 1 heterocycles. The van der Waals surface area contributed by atoms with E-state index in [0.717, 1.165) is 34.1 Å². The number of anilines is 6. The van der Waals surface area contributed by atoms with Crippen molar-refractivity contribution in [3.63, 3.8) is 0 Å². The highest BCUT2D eigenvalue weighted by Crippen LogP contribution is 2.51. The molecule has 0 aliphatic carbocycles. The zero-order valence-electron chi connectivity index (χ0n) is 49.0. The van der Waals surface area contributed by atoms with Gasteiger partial charge in [0.2, 0.25) is 0 Å². The predicted octanol–water partition coefficient (Wildman–Crippen LogP) is 22.7. The standard InChI is InChI=1S/C80H66N2SSi2/c1-84(2,3)63-44-40-61(41-45-63)81(59-27-12-8-13-28-59)75-38-22-35-66-68(75)36-21-37-69(66)79-70-33-18-19-34-71(70)80(74-54-57(39-48-73(74)79)56-25-20-26-58(53-56)78-52-51-77(83-78)55-23-10-7-11-24-55)72-49-50-76(67-32-17-16-31-65(67)72)82(60-29-14-9-15-30-60)62-42-46-64(47-43-62)85(4,5)6/h7-54H,1-6H3. The summed E-state index contributed by atoms with van der Waals surface area (Å²) >= 11 is 1.85. The van der Waals surface area contributed by atoms with Crippen molar-refractivity contribution in [2.75, 3.05) is 9.80 Å². The van der Waals surface area contributed by atoms with Crippen molar-refractivity contribution in [1.29, 1.82) is 0 Å². The summed E-state index contributed by atoms with van der Waals surface area (Å²) in [6.45, 7) is 14.5. The summed E-state index contributed by atoms with van der Waals surface area (Å²) in [5, 5.41) is 12.5. The Balaban J connectivity index is 1.01. The van der Waals surface area contributed by atoms with Crippen LogP contribution in [0, 0.1) is 0 Å². The van der Waals surface area contributed by atoms with E-state index in [4.69, 9.17) is 0 Å². The molecular formula is C80H66N2SSi2. The molecule has 0 saturated carbocycles. The van der Waals surface area contributed by atoms with E-state index >= 15 is 0 Å². The van der Waals surface area contributed by atoms with Gasteiger partial charge in [0.1, 0.15) is 0 Å². The number of para-hydroxylation sites is 2. The number of hydrogen-bond donors (Lipinski definition) is 0. The molecule has 0 spiro atoms. The summed E-state index contributed by atoms with van der Waals surface area (Å²) in [4.78, 5) is 7.40. The highest BCUT2D eigenvalue weighted by molar-refractivity contribution is 7.18. The monoisotopic (exact) mass is 1140 g/mol. The number of hydrogen-bond acceptors (Lipinski definition) is 3. The topological polar surface area (TPSA) is 6.48 Å². The summed E-state index contributed by atoms with van der Waals surface area (Å²) in [6, 6.07) is 109. The van der Waals surface area contributed by atoms with Crippen LogP contribution in [0.3, 0.4) is 0 Å². The lowest BCUT2D eigenvalue weighted by atomic mass is 9.82. The van der Waals surface area contributed by atoms with Gasteiger partial charge in [0, 0.05) is 43.3 Å². The third-order valence-corrected chi connectivity index (χ3v) is 22.3. The molecule has 0 unspecified atom stereocenters. The molecule has 2 nitrogen and oxygen atoms in total. The van der Waals surface area contributed by atoms with Crippen molar-refractivity contribution in [3.05, 3.63) is 291 Å². The zero-order chi connectivity index (χ0) is 57.8. The second-order valence-electron chi connectivity index (χ2n) is 24.5. The Morgan fingerprint density at radius 3 is 1.21 bits per heavy atom. The van der Waals surface area contributed by atoms with E-state index < -0.39 is 16.1 Å². The maximum absolute atomic E-state index is 2.49. The van der Waals surface area contributed by atoms with Crippen LogP contribution in [0.5, 0.6) is 0 Å². The second kappa shape index (κ2) is 22.0. The Morgan fingerprint density at radius 2 is 0.635 bits per heavy atom. The first-order valence-corrected chi connectivity index (χ1v) is 37.5. The maximum atomic E-state index is 2.49. The van der Waals surface area contributed by atoms with E-state index in [9.17, 15) is 0 Å². The van der Waals surface area contributed by atoms with Crippen LogP contribution in [0.4, 0.5) is 34.1 Å². The summed E-state index contributed by atoms with van der Waals surface area (Å²) in [5.74, 6) is 0. The number of benzene rings is 13. The van der Waals surface area contributed by atoms with Crippen LogP contribution in [0.1, 0.15) is 0 Å². The molecule has 1 aromatic heterocycles. The van der Waals surface area contributed by atoms with Crippen molar-refractivity contribution >= 4 is 115 Å². The Morgan fingerprint density at radius 1 is 0.247 bits per heavy atom. The zero-order valence-corrected chi connectivity index (χ0v) is 51.8. The lowest BCUT2D eigenvalue weighted by Gasteiger charge is -2.29. The molecule has 14 aromatic rings. The highest BCUT2D eigenvalue weighted by atomic mass is 32.1. The van der Waals surface area contributed by atoms with Gasteiger partial charge in [-0.15, -0.1) is 11.3 Å². The lowest BCUT2D eigenvalue weighted by molar-refractivity contribution is 1.30. The van der Waals surface area contributed by atoms with Crippen LogP contribution in [0.25, 0.3) is 97.4 Å². The number of fused-ring (bicyclic) bond motifs is 4. The van der Waals surface area contributed by atoms with Crippen LogP contribution >= 0.6 is 11.3 Å². The third-order valence-electron chi connectivity index (χ3n) is 17.0. The number of rotatable bonds is 13. The van der Waals surface area contributed by atoms with Crippen LogP contribution in [0.15, 0.2) is 291 Å². The molecular weight excluding hydrogens is 1080 g/mol. The van der Waals surface area contributed by atoms with Gasteiger partial charge in [-0.05, 0) is 162 Å². The average Bonchev–Trinajstić information content (AvgIpc) is 1.67. The minimum absolute atomic E-state index is 1.12. The smallest absolute Gasteiger partial charge is 0.0775 e. The summed E-state index contributed by atoms with van der Waals surface area (Å²) < 4.78 is 0. The van der Waals surface area contributed by atoms with Crippen molar-refractivity contribution in [2.45, 2.75) is 39.3 Å². The van der Waals surface area contributed by atoms with Gasteiger partial charge in [-0.1, -0.05) is 256 Å². The van der Waals surface area contributed by atoms with Gasteiger partial charge in [0.05, 0.1) is 27.5 Å². The fourth-order valence-corrected chi connectivity index (χ4v) is 16.0.